The summed E-state index contributed by atoms with van der Waals surface area (Å²) in [4.78, 5) is 4.19. The molecule has 0 fully saturated rings. The molecular formula is C19H24N2O. The fourth-order valence-electron chi connectivity index (χ4n) is 3.23. The number of nitrogens with one attached hydrogen (secondary N) is 1. The highest BCUT2D eigenvalue weighted by Crippen LogP contribution is 2.42. The maximum Gasteiger partial charge on any atom is 0.124 e. The number of nitrogens with zero attached hydrogens (tertiary/aromatic N) is 1. The molecule has 1 atom stereocenters. The first kappa shape index (κ1) is 15.0. The number of aromatic nitrogens is 1. The summed E-state index contributed by atoms with van der Waals surface area (Å²) in [5.74, 6) is 1.03. The lowest BCUT2D eigenvalue weighted by molar-refractivity contribution is 0.0225. The van der Waals surface area contributed by atoms with Gasteiger partial charge in [-0.1, -0.05) is 38.1 Å². The Morgan fingerprint density at radius 2 is 2.00 bits per heavy atom. The molecule has 1 aromatic carbocycles. The fraction of sp³-hybridized carbons (Fsp3) is 0.421. The summed E-state index contributed by atoms with van der Waals surface area (Å²) < 4.78 is 6.35. The summed E-state index contributed by atoms with van der Waals surface area (Å²) in [7, 11) is 0. The van der Waals surface area contributed by atoms with Crippen molar-refractivity contribution in [1.82, 2.24) is 10.3 Å². The van der Waals surface area contributed by atoms with Crippen molar-refractivity contribution in [2.24, 2.45) is 0 Å². The molecule has 0 bridgehead atoms. The van der Waals surface area contributed by atoms with Gasteiger partial charge in [0.25, 0.3) is 0 Å². The average Bonchev–Trinajstić information content (AvgIpc) is 2.60. The van der Waals surface area contributed by atoms with Crippen LogP contribution in [0.15, 0.2) is 48.8 Å². The van der Waals surface area contributed by atoms with E-state index in [9.17, 15) is 0 Å². The van der Waals surface area contributed by atoms with Gasteiger partial charge in [0.2, 0.25) is 0 Å². The molecule has 3 rings (SSSR count). The summed E-state index contributed by atoms with van der Waals surface area (Å²) in [6.45, 7) is 5.27. The Balaban J connectivity index is 1.82. The third kappa shape index (κ3) is 3.00. The van der Waals surface area contributed by atoms with Gasteiger partial charge in [-0.05, 0) is 30.5 Å². The Labute approximate surface area is 132 Å². The van der Waals surface area contributed by atoms with Crippen LogP contribution in [0.25, 0.3) is 0 Å². The second-order valence-electron chi connectivity index (χ2n) is 6.03. The van der Waals surface area contributed by atoms with E-state index in [1.54, 1.807) is 0 Å². The van der Waals surface area contributed by atoms with Crippen molar-refractivity contribution in [3.63, 3.8) is 0 Å². The van der Waals surface area contributed by atoms with Gasteiger partial charge in [-0.15, -0.1) is 0 Å². The highest BCUT2D eigenvalue weighted by atomic mass is 16.5. The molecule has 22 heavy (non-hydrogen) atoms. The summed E-state index contributed by atoms with van der Waals surface area (Å²) in [5.41, 5.74) is 2.43. The zero-order chi connectivity index (χ0) is 15.4. The van der Waals surface area contributed by atoms with Crippen LogP contribution in [0.2, 0.25) is 0 Å². The van der Waals surface area contributed by atoms with Gasteiger partial charge >= 0.3 is 0 Å². The molecule has 0 aliphatic carbocycles. The van der Waals surface area contributed by atoms with Crippen molar-refractivity contribution in [1.29, 1.82) is 0 Å². The zero-order valence-electron chi connectivity index (χ0n) is 13.4. The van der Waals surface area contributed by atoms with Crippen LogP contribution < -0.4 is 10.1 Å². The molecule has 2 heterocycles. The maximum absolute atomic E-state index is 6.35. The van der Waals surface area contributed by atoms with Gasteiger partial charge in [0.15, 0.2) is 0 Å². The van der Waals surface area contributed by atoms with Gasteiger partial charge in [-0.3, -0.25) is 4.98 Å². The van der Waals surface area contributed by atoms with Crippen molar-refractivity contribution in [2.45, 2.75) is 51.3 Å². The number of para-hydroxylation sites is 1. The highest BCUT2D eigenvalue weighted by Gasteiger charge is 2.37. The van der Waals surface area contributed by atoms with Crippen LogP contribution in [-0.2, 0) is 6.54 Å². The molecule has 0 saturated heterocycles. The molecule has 2 aromatic rings. The lowest BCUT2D eigenvalue weighted by atomic mass is 9.83. The van der Waals surface area contributed by atoms with E-state index in [0.29, 0.717) is 6.04 Å². The van der Waals surface area contributed by atoms with E-state index < -0.39 is 0 Å². The Morgan fingerprint density at radius 1 is 1.18 bits per heavy atom. The summed E-state index contributed by atoms with van der Waals surface area (Å²) >= 11 is 0. The second-order valence-corrected chi connectivity index (χ2v) is 6.03. The van der Waals surface area contributed by atoms with E-state index in [4.69, 9.17) is 4.74 Å². The van der Waals surface area contributed by atoms with E-state index in [1.807, 2.05) is 18.5 Å². The third-order valence-corrected chi connectivity index (χ3v) is 4.76. The van der Waals surface area contributed by atoms with Crippen LogP contribution in [0.1, 0.15) is 50.3 Å². The average molecular weight is 296 g/mol. The topological polar surface area (TPSA) is 34.2 Å². The summed E-state index contributed by atoms with van der Waals surface area (Å²) in [6.07, 6.45) is 6.81. The predicted octanol–water partition coefficient (Wildman–Crippen LogP) is 4.25. The molecule has 116 valence electrons. The molecule has 3 heteroatoms. The van der Waals surface area contributed by atoms with Gasteiger partial charge in [-0.25, -0.2) is 0 Å². The fourth-order valence-corrected chi connectivity index (χ4v) is 3.23. The number of ether oxygens (including phenoxy) is 1. The van der Waals surface area contributed by atoms with Crippen molar-refractivity contribution in [3.8, 4) is 5.75 Å². The van der Waals surface area contributed by atoms with Crippen LogP contribution in [0.4, 0.5) is 0 Å². The second kappa shape index (κ2) is 6.49. The van der Waals surface area contributed by atoms with Crippen molar-refractivity contribution < 1.29 is 4.74 Å². The standard InChI is InChI=1S/C19H24N2O/c1-3-19(4-2)12-17(16-9-5-6-10-18(16)22-19)21-14-15-8-7-11-20-13-15/h5-11,13,17,21H,3-4,12,14H2,1-2H3. The summed E-state index contributed by atoms with van der Waals surface area (Å²) in [5, 5.41) is 3.70. The highest BCUT2D eigenvalue weighted by molar-refractivity contribution is 5.39. The van der Waals surface area contributed by atoms with Crippen LogP contribution in [0, 0.1) is 0 Å². The molecule has 3 nitrogen and oxygen atoms in total. The third-order valence-electron chi connectivity index (χ3n) is 4.76. The van der Waals surface area contributed by atoms with Crippen LogP contribution in [-0.4, -0.2) is 10.6 Å². The van der Waals surface area contributed by atoms with E-state index in [2.05, 4.69) is 54.5 Å². The number of pyridine rings is 1. The smallest absolute Gasteiger partial charge is 0.124 e. The lowest BCUT2D eigenvalue weighted by Crippen LogP contribution is -2.43. The largest absolute Gasteiger partial charge is 0.487 e. The van der Waals surface area contributed by atoms with Crippen molar-refractivity contribution in [3.05, 3.63) is 59.9 Å². The molecular weight excluding hydrogens is 272 g/mol. The molecule has 0 spiro atoms. The minimum Gasteiger partial charge on any atom is -0.487 e. The first-order chi connectivity index (χ1) is 10.8. The maximum atomic E-state index is 6.35. The SMILES string of the molecule is CCC1(CC)CC(NCc2cccnc2)c2ccccc2O1. The monoisotopic (exact) mass is 296 g/mol. The molecule has 1 unspecified atom stereocenters. The molecule has 0 amide bonds. The lowest BCUT2D eigenvalue weighted by Gasteiger charge is -2.42. The first-order valence-corrected chi connectivity index (χ1v) is 8.16. The molecule has 0 saturated carbocycles. The van der Waals surface area contributed by atoms with Gasteiger partial charge in [0.05, 0.1) is 0 Å². The number of rotatable bonds is 5. The van der Waals surface area contributed by atoms with Crippen molar-refractivity contribution >= 4 is 0 Å². The number of benzene rings is 1. The van der Waals surface area contributed by atoms with Crippen LogP contribution >= 0.6 is 0 Å². The van der Waals surface area contributed by atoms with E-state index in [-0.39, 0.29) is 5.60 Å². The molecule has 1 aromatic heterocycles. The van der Waals surface area contributed by atoms with E-state index in [1.165, 1.54) is 11.1 Å². The predicted molar refractivity (Wildman–Crippen MR) is 88.8 cm³/mol. The quantitative estimate of drug-likeness (QED) is 0.895. The van der Waals surface area contributed by atoms with E-state index >= 15 is 0 Å². The normalized spacial score (nSPS) is 19.3. The van der Waals surface area contributed by atoms with Crippen molar-refractivity contribution in [2.75, 3.05) is 0 Å². The minimum atomic E-state index is -0.0546. The minimum absolute atomic E-state index is 0.0546. The van der Waals surface area contributed by atoms with Crippen LogP contribution in [0.3, 0.4) is 0 Å². The molecule has 1 N–H and O–H groups in total. The Bertz CT molecular complexity index is 608. The molecule has 1 aliphatic heterocycles. The Morgan fingerprint density at radius 3 is 2.73 bits per heavy atom. The van der Waals surface area contributed by atoms with Crippen LogP contribution in [0.5, 0.6) is 5.75 Å². The van der Waals surface area contributed by atoms with Gasteiger partial charge in [-0.2, -0.15) is 0 Å². The molecule has 0 radical (unpaired) electrons. The summed E-state index contributed by atoms with van der Waals surface area (Å²) in [6, 6.07) is 12.8. The number of hydrogen-bond acceptors (Lipinski definition) is 3. The zero-order valence-corrected chi connectivity index (χ0v) is 13.4. The van der Waals surface area contributed by atoms with E-state index in [0.717, 1.165) is 31.6 Å². The number of hydrogen-bond donors (Lipinski definition) is 1. The molecule has 1 aliphatic rings. The first-order valence-electron chi connectivity index (χ1n) is 8.16. The Hall–Kier alpha value is -1.87. The van der Waals surface area contributed by atoms with Gasteiger partial charge < -0.3 is 10.1 Å². The number of fused-ring (bicyclic) bond motifs is 1. The van der Waals surface area contributed by atoms with Gasteiger partial charge in [0.1, 0.15) is 11.4 Å². The van der Waals surface area contributed by atoms with Gasteiger partial charge in [0, 0.05) is 37.0 Å². The Kier molecular flexibility index (Phi) is 4.44.